The minimum atomic E-state index is -0.598. The van der Waals surface area contributed by atoms with E-state index in [4.69, 9.17) is 10.5 Å². The lowest BCUT2D eigenvalue weighted by molar-refractivity contribution is -0.129. The van der Waals surface area contributed by atoms with E-state index in [1.165, 1.54) is 0 Å². The molecule has 0 saturated carbocycles. The van der Waals surface area contributed by atoms with E-state index < -0.39 is 11.8 Å². The molecule has 0 radical (unpaired) electrons. The van der Waals surface area contributed by atoms with E-state index in [1.54, 1.807) is 12.0 Å². The molecule has 1 aliphatic rings. The van der Waals surface area contributed by atoms with Crippen LogP contribution in [0.2, 0.25) is 0 Å². The van der Waals surface area contributed by atoms with Crippen LogP contribution in [-0.4, -0.2) is 56.0 Å². The Kier molecular flexibility index (Phi) is 4.89. The van der Waals surface area contributed by atoms with E-state index in [-0.39, 0.29) is 24.8 Å². The normalized spacial score (nSPS) is 19.5. The highest BCUT2D eigenvalue weighted by atomic mass is 16.5. The molecular weight excluding hydrogens is 226 g/mol. The number of carbonyl (C=O) groups is 3. The molecule has 1 unspecified atom stereocenters. The van der Waals surface area contributed by atoms with Gasteiger partial charge in [0.2, 0.25) is 17.7 Å². The Morgan fingerprint density at radius 1 is 1.59 bits per heavy atom. The largest absolute Gasteiger partial charge is 0.383 e. The number of amides is 3. The molecule has 3 N–H and O–H groups in total. The third-order valence-corrected chi connectivity index (χ3v) is 2.59. The summed E-state index contributed by atoms with van der Waals surface area (Å²) in [5, 5.41) is 2.40. The quantitative estimate of drug-likeness (QED) is 0.568. The minimum Gasteiger partial charge on any atom is -0.383 e. The smallest absolute Gasteiger partial charge is 0.236 e. The number of hydrogen-bond acceptors (Lipinski definition) is 4. The van der Waals surface area contributed by atoms with Gasteiger partial charge in [-0.1, -0.05) is 0 Å². The minimum absolute atomic E-state index is 0.0683. The molecule has 1 rings (SSSR count). The Balaban J connectivity index is 2.39. The molecule has 0 aromatic heterocycles. The molecule has 1 saturated heterocycles. The molecular formula is C10H17N3O4. The van der Waals surface area contributed by atoms with E-state index in [0.29, 0.717) is 19.7 Å². The average molecular weight is 243 g/mol. The maximum absolute atomic E-state index is 11.6. The maximum atomic E-state index is 11.6. The van der Waals surface area contributed by atoms with Crippen LogP contribution < -0.4 is 11.1 Å². The second-order valence-electron chi connectivity index (χ2n) is 3.92. The number of nitrogens with zero attached hydrogens (tertiary/aromatic N) is 1. The Bertz CT molecular complexity index is 319. The molecule has 0 spiro atoms. The lowest BCUT2D eigenvalue weighted by Gasteiger charge is -2.15. The molecule has 96 valence electrons. The van der Waals surface area contributed by atoms with Gasteiger partial charge in [-0.05, 0) is 0 Å². The van der Waals surface area contributed by atoms with Crippen molar-refractivity contribution in [3.05, 3.63) is 0 Å². The molecule has 1 heterocycles. The number of ether oxygens (including phenoxy) is 1. The van der Waals surface area contributed by atoms with Crippen LogP contribution in [0.5, 0.6) is 0 Å². The molecule has 0 aromatic carbocycles. The second kappa shape index (κ2) is 6.19. The zero-order chi connectivity index (χ0) is 12.8. The van der Waals surface area contributed by atoms with Gasteiger partial charge < -0.3 is 20.7 Å². The number of nitrogens with one attached hydrogen (secondary N) is 1. The maximum Gasteiger partial charge on any atom is 0.236 e. The first kappa shape index (κ1) is 13.4. The van der Waals surface area contributed by atoms with Crippen molar-refractivity contribution in [2.45, 2.75) is 6.42 Å². The summed E-state index contributed by atoms with van der Waals surface area (Å²) < 4.78 is 4.87. The van der Waals surface area contributed by atoms with Gasteiger partial charge in [0.1, 0.15) is 0 Å². The molecule has 1 aliphatic heterocycles. The number of nitrogens with two attached hydrogens (primary N) is 1. The van der Waals surface area contributed by atoms with Gasteiger partial charge in [-0.25, -0.2) is 0 Å². The predicted molar refractivity (Wildman–Crippen MR) is 58.8 cm³/mol. The van der Waals surface area contributed by atoms with Crippen LogP contribution >= 0.6 is 0 Å². The average Bonchev–Trinajstić information content (AvgIpc) is 2.65. The number of likely N-dealkylation sites (tertiary alicyclic amines) is 1. The number of methoxy groups -OCH3 is 1. The molecule has 3 amide bonds. The monoisotopic (exact) mass is 243 g/mol. The zero-order valence-electron chi connectivity index (χ0n) is 9.77. The van der Waals surface area contributed by atoms with E-state index in [1.807, 2.05) is 0 Å². The first-order chi connectivity index (χ1) is 8.04. The lowest BCUT2D eigenvalue weighted by Crippen LogP contribution is -2.38. The fourth-order valence-corrected chi connectivity index (χ4v) is 1.68. The second-order valence-corrected chi connectivity index (χ2v) is 3.92. The SMILES string of the molecule is COCCN1CC(C(=O)NCC(N)=O)CC1=O. The molecule has 1 fully saturated rings. The Labute approximate surface area is 99.3 Å². The summed E-state index contributed by atoms with van der Waals surface area (Å²) in [4.78, 5) is 35.2. The van der Waals surface area contributed by atoms with Gasteiger partial charge in [-0.2, -0.15) is 0 Å². The van der Waals surface area contributed by atoms with Crippen molar-refractivity contribution < 1.29 is 19.1 Å². The van der Waals surface area contributed by atoms with Crippen molar-refractivity contribution in [3.63, 3.8) is 0 Å². The van der Waals surface area contributed by atoms with Gasteiger partial charge in [0.15, 0.2) is 0 Å². The van der Waals surface area contributed by atoms with Crippen LogP contribution in [0.3, 0.4) is 0 Å². The van der Waals surface area contributed by atoms with Crippen molar-refractivity contribution in [2.24, 2.45) is 11.7 Å². The molecule has 7 nitrogen and oxygen atoms in total. The van der Waals surface area contributed by atoms with Crippen molar-refractivity contribution in [3.8, 4) is 0 Å². The highest BCUT2D eigenvalue weighted by molar-refractivity contribution is 5.91. The van der Waals surface area contributed by atoms with Gasteiger partial charge >= 0.3 is 0 Å². The van der Waals surface area contributed by atoms with Crippen LogP contribution in [0.15, 0.2) is 0 Å². The van der Waals surface area contributed by atoms with Gasteiger partial charge in [0.25, 0.3) is 0 Å². The van der Waals surface area contributed by atoms with Crippen LogP contribution in [0.25, 0.3) is 0 Å². The molecule has 7 heteroatoms. The summed E-state index contributed by atoms with van der Waals surface area (Å²) in [7, 11) is 1.55. The Morgan fingerprint density at radius 2 is 2.29 bits per heavy atom. The van der Waals surface area contributed by atoms with Crippen molar-refractivity contribution in [1.29, 1.82) is 0 Å². The summed E-state index contributed by atoms with van der Waals surface area (Å²) in [6, 6.07) is 0. The number of carbonyl (C=O) groups excluding carboxylic acids is 3. The highest BCUT2D eigenvalue weighted by Gasteiger charge is 2.33. The molecule has 0 aromatic rings. The van der Waals surface area contributed by atoms with Crippen LogP contribution in [0.1, 0.15) is 6.42 Å². The predicted octanol–water partition coefficient (Wildman–Crippen LogP) is -1.92. The van der Waals surface area contributed by atoms with Crippen LogP contribution in [0.4, 0.5) is 0 Å². The first-order valence-electron chi connectivity index (χ1n) is 5.37. The van der Waals surface area contributed by atoms with E-state index >= 15 is 0 Å². The van der Waals surface area contributed by atoms with Crippen molar-refractivity contribution >= 4 is 17.7 Å². The number of hydrogen-bond donors (Lipinski definition) is 2. The van der Waals surface area contributed by atoms with Gasteiger partial charge in [0.05, 0.1) is 19.1 Å². The number of rotatable bonds is 6. The van der Waals surface area contributed by atoms with E-state index in [9.17, 15) is 14.4 Å². The Hall–Kier alpha value is -1.63. The summed E-state index contributed by atoms with van der Waals surface area (Å²) in [5.41, 5.74) is 4.91. The summed E-state index contributed by atoms with van der Waals surface area (Å²) >= 11 is 0. The molecule has 1 atom stereocenters. The summed E-state index contributed by atoms with van der Waals surface area (Å²) in [5.74, 6) is -1.38. The third-order valence-electron chi connectivity index (χ3n) is 2.59. The van der Waals surface area contributed by atoms with Crippen molar-refractivity contribution in [1.82, 2.24) is 10.2 Å². The van der Waals surface area contributed by atoms with Gasteiger partial charge in [-0.15, -0.1) is 0 Å². The number of primary amides is 1. The van der Waals surface area contributed by atoms with Crippen LogP contribution in [0, 0.1) is 5.92 Å². The molecule has 17 heavy (non-hydrogen) atoms. The lowest BCUT2D eigenvalue weighted by atomic mass is 10.1. The first-order valence-corrected chi connectivity index (χ1v) is 5.37. The zero-order valence-corrected chi connectivity index (χ0v) is 9.77. The van der Waals surface area contributed by atoms with Gasteiger partial charge in [0, 0.05) is 26.6 Å². The Morgan fingerprint density at radius 3 is 2.88 bits per heavy atom. The topological polar surface area (TPSA) is 102 Å². The summed E-state index contributed by atoms with van der Waals surface area (Å²) in [6.45, 7) is 1.10. The van der Waals surface area contributed by atoms with E-state index in [2.05, 4.69) is 5.32 Å². The third kappa shape index (κ3) is 4.03. The fourth-order valence-electron chi connectivity index (χ4n) is 1.68. The van der Waals surface area contributed by atoms with Crippen LogP contribution in [-0.2, 0) is 19.1 Å². The highest BCUT2D eigenvalue weighted by Crippen LogP contribution is 2.17. The summed E-state index contributed by atoms with van der Waals surface area (Å²) in [6.07, 6.45) is 0.175. The molecule has 0 aliphatic carbocycles. The van der Waals surface area contributed by atoms with Crippen molar-refractivity contribution in [2.75, 3.05) is 33.4 Å². The fraction of sp³-hybridized carbons (Fsp3) is 0.700. The molecule has 0 bridgehead atoms. The standard InChI is InChI=1S/C10H17N3O4/c1-17-3-2-13-6-7(4-9(13)15)10(16)12-5-8(11)14/h7H,2-6H2,1H3,(H2,11,14)(H,12,16). The van der Waals surface area contributed by atoms with E-state index in [0.717, 1.165) is 0 Å². The van der Waals surface area contributed by atoms with Gasteiger partial charge in [-0.3, -0.25) is 14.4 Å².